The summed E-state index contributed by atoms with van der Waals surface area (Å²) in [5, 5.41) is 10.7. The van der Waals surface area contributed by atoms with E-state index < -0.39 is 0 Å². The number of fused-ring (bicyclic) bond motifs is 1. The molecule has 0 spiro atoms. The van der Waals surface area contributed by atoms with E-state index >= 15 is 0 Å². The average molecular weight is 420 g/mol. The maximum absolute atomic E-state index is 12.3. The number of anilines is 2. The van der Waals surface area contributed by atoms with Crippen molar-refractivity contribution >= 4 is 17.5 Å². The standard InChI is InChI=1S/C21H24N8O2/c1-12-15(7-8-16(25-12)19-23-11-24-28-19)17-9-22-20-21(26-17)29(10-18(30)27-20)13-3-5-14(31-2)6-4-13/h7-9,11,13-14H,3-6,10H2,1-2H3,(H,22,27,30)(H,23,24,28). The predicted octanol–water partition coefficient (Wildman–Crippen LogP) is 2.35. The van der Waals surface area contributed by atoms with Gasteiger partial charge in [-0.05, 0) is 44.7 Å². The molecule has 1 aliphatic carbocycles. The van der Waals surface area contributed by atoms with Gasteiger partial charge in [-0.2, -0.15) is 0 Å². The minimum atomic E-state index is -0.0577. The molecule has 0 atom stereocenters. The van der Waals surface area contributed by atoms with E-state index in [4.69, 9.17) is 9.72 Å². The number of hydrogen-bond donors (Lipinski definition) is 2. The van der Waals surface area contributed by atoms with Gasteiger partial charge in [0.1, 0.15) is 12.0 Å². The topological polar surface area (TPSA) is 122 Å². The van der Waals surface area contributed by atoms with Gasteiger partial charge < -0.3 is 19.9 Å². The Morgan fingerprint density at radius 3 is 2.68 bits per heavy atom. The molecule has 1 saturated carbocycles. The van der Waals surface area contributed by atoms with Gasteiger partial charge in [-0.1, -0.05) is 0 Å². The predicted molar refractivity (Wildman–Crippen MR) is 114 cm³/mol. The van der Waals surface area contributed by atoms with Crippen LogP contribution >= 0.6 is 0 Å². The molecule has 2 N–H and O–H groups in total. The average Bonchev–Trinajstić information content (AvgIpc) is 3.33. The maximum atomic E-state index is 12.3. The van der Waals surface area contributed by atoms with Crippen molar-refractivity contribution in [3.05, 3.63) is 30.4 Å². The van der Waals surface area contributed by atoms with Crippen LogP contribution in [-0.4, -0.2) is 61.8 Å². The highest BCUT2D eigenvalue weighted by molar-refractivity contribution is 5.99. The summed E-state index contributed by atoms with van der Waals surface area (Å²) in [6, 6.07) is 4.09. The molecule has 31 heavy (non-hydrogen) atoms. The Balaban J connectivity index is 1.47. The molecule has 0 radical (unpaired) electrons. The molecule has 3 aromatic rings. The molecule has 3 aromatic heterocycles. The molecule has 10 nitrogen and oxygen atoms in total. The number of ether oxygens (including phenoxy) is 1. The first-order valence-electron chi connectivity index (χ1n) is 10.4. The van der Waals surface area contributed by atoms with Crippen LogP contribution in [0.15, 0.2) is 24.7 Å². The van der Waals surface area contributed by atoms with E-state index in [1.165, 1.54) is 6.33 Å². The summed E-state index contributed by atoms with van der Waals surface area (Å²) in [5.74, 6) is 1.79. The number of aromatic amines is 1. The fraction of sp³-hybridized carbons (Fsp3) is 0.429. The molecular formula is C21H24N8O2. The first-order chi connectivity index (χ1) is 15.1. The summed E-state index contributed by atoms with van der Waals surface area (Å²) in [7, 11) is 1.76. The van der Waals surface area contributed by atoms with Gasteiger partial charge >= 0.3 is 0 Å². The third kappa shape index (κ3) is 3.74. The fourth-order valence-corrected chi connectivity index (χ4v) is 4.39. The molecule has 1 amide bonds. The number of carbonyl (C=O) groups is 1. The Morgan fingerprint density at radius 2 is 1.97 bits per heavy atom. The van der Waals surface area contributed by atoms with Gasteiger partial charge in [-0.3, -0.25) is 4.79 Å². The lowest BCUT2D eigenvalue weighted by Gasteiger charge is -2.39. The van der Waals surface area contributed by atoms with Gasteiger partial charge in [-0.25, -0.2) is 15.0 Å². The second kappa shape index (κ2) is 8.03. The van der Waals surface area contributed by atoms with Gasteiger partial charge in [0.05, 0.1) is 24.5 Å². The van der Waals surface area contributed by atoms with Crippen LogP contribution in [0.25, 0.3) is 22.8 Å². The van der Waals surface area contributed by atoms with E-state index in [0.717, 1.165) is 48.5 Å². The summed E-state index contributed by atoms with van der Waals surface area (Å²) >= 11 is 0. The number of amides is 1. The number of methoxy groups -OCH3 is 1. The van der Waals surface area contributed by atoms with Gasteiger partial charge in [0.15, 0.2) is 17.5 Å². The molecule has 10 heteroatoms. The Kier molecular flexibility index (Phi) is 5.06. The summed E-state index contributed by atoms with van der Waals surface area (Å²) in [4.78, 5) is 31.4. The van der Waals surface area contributed by atoms with Crippen LogP contribution in [0.2, 0.25) is 0 Å². The van der Waals surface area contributed by atoms with Crippen LogP contribution in [0.4, 0.5) is 11.6 Å². The van der Waals surface area contributed by atoms with Crippen LogP contribution in [0.5, 0.6) is 0 Å². The third-order valence-corrected chi connectivity index (χ3v) is 6.04. The third-order valence-electron chi connectivity index (χ3n) is 6.04. The first kappa shape index (κ1) is 19.6. The number of carbonyl (C=O) groups excluding carboxylic acids is 1. The zero-order valence-corrected chi connectivity index (χ0v) is 17.5. The SMILES string of the molecule is COC1CCC(N2CC(=O)Nc3ncc(-c4ccc(-c5nnc[nH]5)nc4C)nc32)CC1. The van der Waals surface area contributed by atoms with Crippen molar-refractivity contribution < 1.29 is 9.53 Å². The zero-order valence-electron chi connectivity index (χ0n) is 17.5. The number of rotatable bonds is 4. The maximum Gasteiger partial charge on any atom is 0.245 e. The van der Waals surface area contributed by atoms with Crippen LogP contribution in [0.3, 0.4) is 0 Å². The smallest absolute Gasteiger partial charge is 0.245 e. The normalized spacial score (nSPS) is 21.0. The van der Waals surface area contributed by atoms with Crippen LogP contribution in [-0.2, 0) is 9.53 Å². The quantitative estimate of drug-likeness (QED) is 0.660. The Bertz CT molecular complexity index is 1090. The first-order valence-corrected chi connectivity index (χ1v) is 10.4. The minimum Gasteiger partial charge on any atom is -0.381 e. The van der Waals surface area contributed by atoms with Crippen molar-refractivity contribution in [1.29, 1.82) is 0 Å². The lowest BCUT2D eigenvalue weighted by molar-refractivity contribution is -0.115. The van der Waals surface area contributed by atoms with E-state index in [1.54, 1.807) is 13.3 Å². The summed E-state index contributed by atoms with van der Waals surface area (Å²) in [5.41, 5.74) is 3.14. The largest absolute Gasteiger partial charge is 0.381 e. The Hall–Kier alpha value is -3.40. The monoisotopic (exact) mass is 420 g/mol. The van der Waals surface area contributed by atoms with Gasteiger partial charge in [0, 0.05) is 24.4 Å². The fourth-order valence-electron chi connectivity index (χ4n) is 4.39. The zero-order chi connectivity index (χ0) is 21.4. The summed E-state index contributed by atoms with van der Waals surface area (Å²) in [6.45, 7) is 2.22. The van der Waals surface area contributed by atoms with Crippen LogP contribution < -0.4 is 10.2 Å². The molecule has 0 saturated heterocycles. The lowest BCUT2D eigenvalue weighted by atomic mass is 9.91. The molecule has 1 aliphatic heterocycles. The van der Waals surface area contributed by atoms with Crippen molar-refractivity contribution in [2.24, 2.45) is 0 Å². The minimum absolute atomic E-state index is 0.0577. The van der Waals surface area contributed by atoms with Crippen LogP contribution in [0, 0.1) is 6.92 Å². The Morgan fingerprint density at radius 1 is 1.13 bits per heavy atom. The number of hydrogen-bond acceptors (Lipinski definition) is 8. The van der Waals surface area contributed by atoms with Crippen molar-refractivity contribution in [3.8, 4) is 22.8 Å². The number of aromatic nitrogens is 6. The molecule has 0 aromatic carbocycles. The summed E-state index contributed by atoms with van der Waals surface area (Å²) < 4.78 is 5.50. The van der Waals surface area contributed by atoms with Gasteiger partial charge in [-0.15, -0.1) is 10.2 Å². The van der Waals surface area contributed by atoms with Crippen molar-refractivity contribution in [3.63, 3.8) is 0 Å². The number of H-pyrrole nitrogens is 1. The Labute approximate surface area is 179 Å². The molecule has 1 fully saturated rings. The van der Waals surface area contributed by atoms with E-state index in [-0.39, 0.29) is 18.5 Å². The highest BCUT2D eigenvalue weighted by Gasteiger charge is 2.33. The molecule has 160 valence electrons. The number of aryl methyl sites for hydroxylation is 1. The highest BCUT2D eigenvalue weighted by atomic mass is 16.5. The lowest BCUT2D eigenvalue weighted by Crippen LogP contribution is -2.47. The van der Waals surface area contributed by atoms with Crippen LogP contribution in [0.1, 0.15) is 31.4 Å². The van der Waals surface area contributed by atoms with Crippen molar-refractivity contribution in [2.75, 3.05) is 23.9 Å². The summed E-state index contributed by atoms with van der Waals surface area (Å²) in [6.07, 6.45) is 7.39. The second-order valence-electron chi connectivity index (χ2n) is 7.94. The molecule has 5 rings (SSSR count). The number of nitrogens with zero attached hydrogens (tertiary/aromatic N) is 6. The van der Waals surface area contributed by atoms with E-state index in [2.05, 4.69) is 35.4 Å². The van der Waals surface area contributed by atoms with E-state index in [9.17, 15) is 4.79 Å². The van der Waals surface area contributed by atoms with E-state index in [0.29, 0.717) is 23.4 Å². The highest BCUT2D eigenvalue weighted by Crippen LogP contribution is 2.35. The van der Waals surface area contributed by atoms with Gasteiger partial charge in [0.25, 0.3) is 0 Å². The number of pyridine rings is 1. The molecular weight excluding hydrogens is 396 g/mol. The number of nitrogens with one attached hydrogen (secondary N) is 2. The molecule has 0 bridgehead atoms. The van der Waals surface area contributed by atoms with Crippen molar-refractivity contribution in [2.45, 2.75) is 44.8 Å². The molecule has 0 unspecified atom stereocenters. The molecule has 2 aliphatic rings. The van der Waals surface area contributed by atoms with Gasteiger partial charge in [0.2, 0.25) is 5.91 Å². The second-order valence-corrected chi connectivity index (χ2v) is 7.94. The van der Waals surface area contributed by atoms with Crippen molar-refractivity contribution in [1.82, 2.24) is 30.1 Å². The molecule has 4 heterocycles. The van der Waals surface area contributed by atoms with E-state index in [1.807, 2.05) is 19.1 Å².